The molecular formula is C9H20N2O3S. The SMILES string of the molecule is CC(C)S(=O)(=O)CCNC(C)(C)C(N)=O. The monoisotopic (exact) mass is 236 g/mol. The van der Waals surface area contributed by atoms with Gasteiger partial charge < -0.3 is 11.1 Å². The van der Waals surface area contributed by atoms with Crippen molar-refractivity contribution in [2.24, 2.45) is 5.73 Å². The molecule has 3 N–H and O–H groups in total. The quantitative estimate of drug-likeness (QED) is 0.660. The predicted octanol–water partition coefficient (Wildman–Crippen LogP) is -0.337. The van der Waals surface area contributed by atoms with E-state index in [4.69, 9.17) is 5.73 Å². The summed E-state index contributed by atoms with van der Waals surface area (Å²) in [6, 6.07) is 0. The topological polar surface area (TPSA) is 89.3 Å². The Morgan fingerprint density at radius 2 is 1.87 bits per heavy atom. The van der Waals surface area contributed by atoms with Crippen molar-refractivity contribution < 1.29 is 13.2 Å². The van der Waals surface area contributed by atoms with E-state index in [1.807, 2.05) is 0 Å². The molecule has 0 spiro atoms. The van der Waals surface area contributed by atoms with Crippen LogP contribution in [-0.4, -0.2) is 37.4 Å². The van der Waals surface area contributed by atoms with Gasteiger partial charge in [-0.3, -0.25) is 4.79 Å². The number of rotatable bonds is 6. The molecule has 0 saturated carbocycles. The molecule has 1 amide bonds. The van der Waals surface area contributed by atoms with Gasteiger partial charge in [-0.05, 0) is 27.7 Å². The molecule has 0 unspecified atom stereocenters. The third-order valence-electron chi connectivity index (χ3n) is 2.29. The Bertz CT molecular complexity index is 320. The zero-order valence-electron chi connectivity index (χ0n) is 9.70. The van der Waals surface area contributed by atoms with Crippen LogP contribution in [0, 0.1) is 0 Å². The third-order valence-corrected chi connectivity index (χ3v) is 4.50. The van der Waals surface area contributed by atoms with Crippen LogP contribution in [0.5, 0.6) is 0 Å². The largest absolute Gasteiger partial charge is 0.368 e. The first-order valence-electron chi connectivity index (χ1n) is 4.86. The Kier molecular flexibility index (Phi) is 4.73. The molecule has 0 rings (SSSR count). The molecule has 0 saturated heterocycles. The molecule has 0 aromatic carbocycles. The fraction of sp³-hybridized carbons (Fsp3) is 0.889. The zero-order valence-corrected chi connectivity index (χ0v) is 10.5. The summed E-state index contributed by atoms with van der Waals surface area (Å²) < 4.78 is 22.9. The molecule has 0 aliphatic rings. The van der Waals surface area contributed by atoms with E-state index in [1.54, 1.807) is 27.7 Å². The summed E-state index contributed by atoms with van der Waals surface area (Å²) in [5, 5.41) is 2.42. The molecule has 90 valence electrons. The Labute approximate surface area is 91.3 Å². The van der Waals surface area contributed by atoms with Crippen LogP contribution < -0.4 is 11.1 Å². The van der Waals surface area contributed by atoms with Gasteiger partial charge in [-0.1, -0.05) is 0 Å². The standard InChI is InChI=1S/C9H20N2O3S/c1-7(2)15(13,14)6-5-11-9(3,4)8(10)12/h7,11H,5-6H2,1-4H3,(H2,10,12). The normalized spacial score (nSPS) is 13.1. The first kappa shape index (κ1) is 14.4. The van der Waals surface area contributed by atoms with Gasteiger partial charge in [0.1, 0.15) is 0 Å². The Morgan fingerprint density at radius 1 is 1.40 bits per heavy atom. The fourth-order valence-corrected chi connectivity index (χ4v) is 1.69. The van der Waals surface area contributed by atoms with E-state index < -0.39 is 26.5 Å². The lowest BCUT2D eigenvalue weighted by atomic mass is 10.1. The Balaban J connectivity index is 4.17. The van der Waals surface area contributed by atoms with Gasteiger partial charge in [0.15, 0.2) is 9.84 Å². The summed E-state index contributed by atoms with van der Waals surface area (Å²) in [6.07, 6.45) is 0. The minimum absolute atomic E-state index is 0.0153. The molecular weight excluding hydrogens is 216 g/mol. The predicted molar refractivity (Wildman–Crippen MR) is 60.2 cm³/mol. The highest BCUT2D eigenvalue weighted by Gasteiger charge is 2.25. The number of carbonyl (C=O) groups is 1. The van der Waals surface area contributed by atoms with E-state index in [1.165, 1.54) is 0 Å². The maximum Gasteiger partial charge on any atom is 0.237 e. The van der Waals surface area contributed by atoms with Crippen molar-refractivity contribution in [3.8, 4) is 0 Å². The van der Waals surface area contributed by atoms with Crippen LogP contribution in [0.15, 0.2) is 0 Å². The van der Waals surface area contributed by atoms with Gasteiger partial charge in [0, 0.05) is 6.54 Å². The van der Waals surface area contributed by atoms with E-state index in [0.717, 1.165) is 0 Å². The molecule has 15 heavy (non-hydrogen) atoms. The van der Waals surface area contributed by atoms with Gasteiger partial charge in [0.2, 0.25) is 5.91 Å². The molecule has 0 heterocycles. The molecule has 0 aliphatic carbocycles. The smallest absolute Gasteiger partial charge is 0.237 e. The number of nitrogens with one attached hydrogen (secondary N) is 1. The van der Waals surface area contributed by atoms with Crippen molar-refractivity contribution in [2.45, 2.75) is 38.5 Å². The molecule has 5 nitrogen and oxygen atoms in total. The maximum atomic E-state index is 11.4. The zero-order chi connectivity index (χ0) is 12.3. The summed E-state index contributed by atoms with van der Waals surface area (Å²) in [7, 11) is -3.06. The van der Waals surface area contributed by atoms with E-state index in [-0.39, 0.29) is 12.3 Å². The molecule has 0 fully saturated rings. The number of amides is 1. The van der Waals surface area contributed by atoms with Crippen molar-refractivity contribution in [1.82, 2.24) is 5.32 Å². The summed E-state index contributed by atoms with van der Waals surface area (Å²) in [4.78, 5) is 10.9. The van der Waals surface area contributed by atoms with Crippen LogP contribution in [0.2, 0.25) is 0 Å². The van der Waals surface area contributed by atoms with Crippen molar-refractivity contribution in [3.63, 3.8) is 0 Å². The van der Waals surface area contributed by atoms with E-state index in [0.29, 0.717) is 0 Å². The average Bonchev–Trinajstić information content (AvgIpc) is 2.02. The van der Waals surface area contributed by atoms with E-state index >= 15 is 0 Å². The summed E-state index contributed by atoms with van der Waals surface area (Å²) in [5.74, 6) is -0.481. The first-order valence-corrected chi connectivity index (χ1v) is 6.57. The first-order chi connectivity index (χ1) is 6.59. The van der Waals surface area contributed by atoms with Crippen LogP contribution in [0.1, 0.15) is 27.7 Å². The number of hydrogen-bond donors (Lipinski definition) is 2. The minimum Gasteiger partial charge on any atom is -0.368 e. The average molecular weight is 236 g/mol. The fourth-order valence-electron chi connectivity index (χ4n) is 0.829. The third kappa shape index (κ3) is 4.61. The lowest BCUT2D eigenvalue weighted by molar-refractivity contribution is -0.123. The minimum atomic E-state index is -3.06. The van der Waals surface area contributed by atoms with Gasteiger partial charge in [-0.25, -0.2) is 8.42 Å². The second-order valence-corrected chi connectivity index (χ2v) is 7.01. The molecule has 0 atom stereocenters. The molecule has 0 aromatic heterocycles. The van der Waals surface area contributed by atoms with Gasteiger partial charge in [0.05, 0.1) is 16.5 Å². The highest BCUT2D eigenvalue weighted by atomic mass is 32.2. The van der Waals surface area contributed by atoms with Crippen LogP contribution in [-0.2, 0) is 14.6 Å². The van der Waals surface area contributed by atoms with Crippen molar-refractivity contribution in [1.29, 1.82) is 0 Å². The maximum absolute atomic E-state index is 11.4. The summed E-state index contributed by atoms with van der Waals surface area (Å²) in [6.45, 7) is 6.74. The second-order valence-electron chi connectivity index (χ2n) is 4.33. The van der Waals surface area contributed by atoms with Crippen molar-refractivity contribution >= 4 is 15.7 Å². The molecule has 0 bridgehead atoms. The highest BCUT2D eigenvalue weighted by molar-refractivity contribution is 7.92. The number of primary amides is 1. The number of sulfone groups is 1. The van der Waals surface area contributed by atoms with Gasteiger partial charge >= 0.3 is 0 Å². The highest BCUT2D eigenvalue weighted by Crippen LogP contribution is 2.02. The van der Waals surface area contributed by atoms with E-state index in [2.05, 4.69) is 5.32 Å². The van der Waals surface area contributed by atoms with Crippen LogP contribution in [0.3, 0.4) is 0 Å². The lowest BCUT2D eigenvalue weighted by Crippen LogP contribution is -2.51. The lowest BCUT2D eigenvalue weighted by Gasteiger charge is -2.22. The molecule has 0 radical (unpaired) electrons. The summed E-state index contributed by atoms with van der Waals surface area (Å²) in [5.41, 5.74) is 4.26. The molecule has 0 aliphatic heterocycles. The number of hydrogen-bond acceptors (Lipinski definition) is 4. The van der Waals surface area contributed by atoms with Crippen LogP contribution >= 0.6 is 0 Å². The second kappa shape index (κ2) is 4.94. The van der Waals surface area contributed by atoms with Gasteiger partial charge in [0.25, 0.3) is 0 Å². The Morgan fingerprint density at radius 3 is 2.20 bits per heavy atom. The van der Waals surface area contributed by atoms with Gasteiger partial charge in [-0.2, -0.15) is 0 Å². The van der Waals surface area contributed by atoms with E-state index in [9.17, 15) is 13.2 Å². The van der Waals surface area contributed by atoms with Crippen LogP contribution in [0.4, 0.5) is 0 Å². The summed E-state index contributed by atoms with van der Waals surface area (Å²) >= 11 is 0. The van der Waals surface area contributed by atoms with Gasteiger partial charge in [-0.15, -0.1) is 0 Å². The van der Waals surface area contributed by atoms with Crippen molar-refractivity contribution in [2.75, 3.05) is 12.3 Å². The Hall–Kier alpha value is -0.620. The van der Waals surface area contributed by atoms with Crippen LogP contribution in [0.25, 0.3) is 0 Å². The molecule has 0 aromatic rings. The van der Waals surface area contributed by atoms with Crippen molar-refractivity contribution in [3.05, 3.63) is 0 Å². The number of carbonyl (C=O) groups excluding carboxylic acids is 1. The number of nitrogens with two attached hydrogens (primary N) is 1. The molecule has 6 heteroatoms.